The van der Waals surface area contributed by atoms with Gasteiger partial charge in [0.05, 0.1) is 0 Å². The van der Waals surface area contributed by atoms with Gasteiger partial charge in [0.15, 0.2) is 0 Å². The Morgan fingerprint density at radius 2 is 1.91 bits per heavy atom. The van der Waals surface area contributed by atoms with E-state index in [0.717, 1.165) is 18.4 Å². The largest absolute Gasteiger partial charge is 0.332 e. The molecule has 112 valence electrons. The number of benzene rings is 2. The van der Waals surface area contributed by atoms with Crippen LogP contribution in [0.25, 0.3) is 6.08 Å². The van der Waals surface area contributed by atoms with Gasteiger partial charge in [0.2, 0.25) is 0 Å². The summed E-state index contributed by atoms with van der Waals surface area (Å²) < 4.78 is 13.3. The van der Waals surface area contributed by atoms with Crippen molar-refractivity contribution in [2.45, 2.75) is 18.9 Å². The van der Waals surface area contributed by atoms with Crippen LogP contribution in [0.15, 0.2) is 60.7 Å². The molecule has 22 heavy (non-hydrogen) atoms. The van der Waals surface area contributed by atoms with Crippen LogP contribution in [0.2, 0.25) is 0 Å². The molecule has 1 fully saturated rings. The average Bonchev–Trinajstić information content (AvgIpc) is 3.37. The number of hydrogen-bond donors (Lipinski definition) is 0. The summed E-state index contributed by atoms with van der Waals surface area (Å²) in [6.45, 7) is 0.551. The summed E-state index contributed by atoms with van der Waals surface area (Å²) in [6, 6.07) is 16.2. The molecule has 1 saturated carbocycles. The summed E-state index contributed by atoms with van der Waals surface area (Å²) in [6.07, 6.45) is 6.06. The van der Waals surface area contributed by atoms with Crippen LogP contribution < -0.4 is 0 Å². The van der Waals surface area contributed by atoms with Crippen molar-refractivity contribution in [1.82, 2.24) is 4.90 Å². The number of rotatable bonds is 5. The lowest BCUT2D eigenvalue weighted by atomic mass is 10.2. The van der Waals surface area contributed by atoms with E-state index in [4.69, 9.17) is 0 Å². The minimum Gasteiger partial charge on any atom is -0.332 e. The van der Waals surface area contributed by atoms with Gasteiger partial charge in [-0.2, -0.15) is 0 Å². The minimum atomic E-state index is -0.374. The SMILES string of the molecule is O=C(c1cccc(F)c1)N(CC=Cc1ccccc1)C1CC1. The number of carbonyl (C=O) groups is 1. The smallest absolute Gasteiger partial charge is 0.254 e. The second-order valence-corrected chi connectivity index (χ2v) is 5.51. The molecule has 0 atom stereocenters. The standard InChI is InChI=1S/C19H18FNO/c20-17-10-4-9-16(14-17)19(22)21(18-11-12-18)13-5-8-15-6-2-1-3-7-15/h1-10,14,18H,11-13H2. The monoisotopic (exact) mass is 295 g/mol. The number of halogens is 1. The zero-order chi connectivity index (χ0) is 15.4. The maximum atomic E-state index is 13.3. The Hall–Kier alpha value is -2.42. The van der Waals surface area contributed by atoms with Crippen molar-refractivity contribution in [3.05, 3.63) is 77.6 Å². The van der Waals surface area contributed by atoms with Crippen LogP contribution >= 0.6 is 0 Å². The number of amides is 1. The first-order chi connectivity index (χ1) is 10.7. The maximum Gasteiger partial charge on any atom is 0.254 e. The number of carbonyl (C=O) groups excluding carboxylic acids is 1. The van der Waals surface area contributed by atoms with Crippen LogP contribution in [-0.2, 0) is 0 Å². The quantitative estimate of drug-likeness (QED) is 0.811. The molecular formula is C19H18FNO. The van der Waals surface area contributed by atoms with Gasteiger partial charge in [0.25, 0.3) is 5.91 Å². The highest BCUT2D eigenvalue weighted by Gasteiger charge is 2.32. The molecule has 0 bridgehead atoms. The summed E-state index contributed by atoms with van der Waals surface area (Å²) >= 11 is 0. The van der Waals surface area contributed by atoms with E-state index in [9.17, 15) is 9.18 Å². The van der Waals surface area contributed by atoms with Crippen molar-refractivity contribution < 1.29 is 9.18 Å². The van der Waals surface area contributed by atoms with E-state index in [1.54, 1.807) is 12.1 Å². The average molecular weight is 295 g/mol. The third kappa shape index (κ3) is 3.61. The molecule has 0 saturated heterocycles. The highest BCUT2D eigenvalue weighted by molar-refractivity contribution is 5.94. The molecule has 1 aliphatic carbocycles. The molecule has 1 aliphatic rings. The predicted octanol–water partition coefficient (Wildman–Crippen LogP) is 4.14. The zero-order valence-electron chi connectivity index (χ0n) is 12.3. The highest BCUT2D eigenvalue weighted by atomic mass is 19.1. The zero-order valence-corrected chi connectivity index (χ0v) is 12.3. The molecule has 0 heterocycles. The van der Waals surface area contributed by atoms with Crippen molar-refractivity contribution in [2.75, 3.05) is 6.54 Å². The fraction of sp³-hybridized carbons (Fsp3) is 0.211. The Morgan fingerprint density at radius 1 is 1.14 bits per heavy atom. The van der Waals surface area contributed by atoms with Crippen molar-refractivity contribution >= 4 is 12.0 Å². The fourth-order valence-electron chi connectivity index (χ4n) is 2.44. The Kier molecular flexibility index (Phi) is 4.33. The van der Waals surface area contributed by atoms with Gasteiger partial charge < -0.3 is 4.90 Å². The third-order valence-corrected chi connectivity index (χ3v) is 3.73. The summed E-state index contributed by atoms with van der Waals surface area (Å²) in [5.41, 5.74) is 1.52. The molecular weight excluding hydrogens is 277 g/mol. The van der Waals surface area contributed by atoms with Crippen LogP contribution in [0.1, 0.15) is 28.8 Å². The predicted molar refractivity (Wildman–Crippen MR) is 85.9 cm³/mol. The Labute approximate surface area is 129 Å². The first kappa shape index (κ1) is 14.5. The third-order valence-electron chi connectivity index (χ3n) is 3.73. The van der Waals surface area contributed by atoms with Crippen LogP contribution in [0.3, 0.4) is 0 Å². The van der Waals surface area contributed by atoms with Crippen LogP contribution in [0, 0.1) is 5.82 Å². The Bertz CT molecular complexity index is 677. The van der Waals surface area contributed by atoms with Gasteiger partial charge in [-0.3, -0.25) is 4.79 Å². The first-order valence-corrected chi connectivity index (χ1v) is 7.52. The van der Waals surface area contributed by atoms with Crippen LogP contribution in [0.5, 0.6) is 0 Å². The van der Waals surface area contributed by atoms with E-state index in [0.29, 0.717) is 12.1 Å². The van der Waals surface area contributed by atoms with E-state index >= 15 is 0 Å². The molecule has 3 heteroatoms. The Morgan fingerprint density at radius 3 is 2.59 bits per heavy atom. The second kappa shape index (κ2) is 6.56. The first-order valence-electron chi connectivity index (χ1n) is 7.52. The van der Waals surface area contributed by atoms with Gasteiger partial charge in [0, 0.05) is 18.2 Å². The van der Waals surface area contributed by atoms with E-state index in [2.05, 4.69) is 0 Å². The van der Waals surface area contributed by atoms with E-state index in [1.807, 2.05) is 47.4 Å². The van der Waals surface area contributed by atoms with Gasteiger partial charge in [-0.25, -0.2) is 4.39 Å². The molecule has 2 aromatic carbocycles. The number of nitrogens with zero attached hydrogens (tertiary/aromatic N) is 1. The minimum absolute atomic E-state index is 0.0975. The van der Waals surface area contributed by atoms with E-state index in [1.165, 1.54) is 12.1 Å². The molecule has 0 aliphatic heterocycles. The van der Waals surface area contributed by atoms with Crippen molar-refractivity contribution in [2.24, 2.45) is 0 Å². The van der Waals surface area contributed by atoms with Crippen molar-refractivity contribution in [3.8, 4) is 0 Å². The molecule has 1 amide bonds. The lowest BCUT2D eigenvalue weighted by Crippen LogP contribution is -2.33. The van der Waals surface area contributed by atoms with Gasteiger partial charge in [0.1, 0.15) is 5.82 Å². The summed E-state index contributed by atoms with van der Waals surface area (Å²) in [5, 5.41) is 0. The molecule has 0 radical (unpaired) electrons. The lowest BCUT2D eigenvalue weighted by Gasteiger charge is -2.20. The van der Waals surface area contributed by atoms with Crippen molar-refractivity contribution in [3.63, 3.8) is 0 Å². The van der Waals surface area contributed by atoms with E-state index in [-0.39, 0.29) is 17.8 Å². The summed E-state index contributed by atoms with van der Waals surface area (Å²) in [4.78, 5) is 14.4. The number of hydrogen-bond acceptors (Lipinski definition) is 1. The summed E-state index contributed by atoms with van der Waals surface area (Å²) in [7, 11) is 0. The topological polar surface area (TPSA) is 20.3 Å². The van der Waals surface area contributed by atoms with Gasteiger partial charge in [-0.15, -0.1) is 0 Å². The molecule has 3 rings (SSSR count). The maximum absolute atomic E-state index is 13.3. The molecule has 2 nitrogen and oxygen atoms in total. The van der Waals surface area contributed by atoms with Crippen molar-refractivity contribution in [1.29, 1.82) is 0 Å². The second-order valence-electron chi connectivity index (χ2n) is 5.51. The highest BCUT2D eigenvalue weighted by Crippen LogP contribution is 2.28. The van der Waals surface area contributed by atoms with Gasteiger partial charge in [-0.05, 0) is 36.6 Å². The fourth-order valence-corrected chi connectivity index (χ4v) is 2.44. The molecule has 2 aromatic rings. The molecule has 0 N–H and O–H groups in total. The summed E-state index contributed by atoms with van der Waals surface area (Å²) in [5.74, 6) is -0.471. The normalized spacial score (nSPS) is 14.2. The molecule has 0 spiro atoms. The lowest BCUT2D eigenvalue weighted by molar-refractivity contribution is 0.0762. The van der Waals surface area contributed by atoms with E-state index < -0.39 is 0 Å². The van der Waals surface area contributed by atoms with Gasteiger partial charge >= 0.3 is 0 Å². The van der Waals surface area contributed by atoms with Crippen LogP contribution in [-0.4, -0.2) is 23.4 Å². The molecule has 0 aromatic heterocycles. The Balaban J connectivity index is 1.70. The molecule has 0 unspecified atom stereocenters. The van der Waals surface area contributed by atoms with Crippen LogP contribution in [0.4, 0.5) is 4.39 Å². The van der Waals surface area contributed by atoms with Gasteiger partial charge in [-0.1, -0.05) is 48.6 Å².